The first-order chi connectivity index (χ1) is 5.95. The van der Waals surface area contributed by atoms with E-state index in [1.165, 1.54) is 12.1 Å². The quantitative estimate of drug-likeness (QED) is 0.703. The van der Waals surface area contributed by atoms with E-state index in [0.717, 1.165) is 0 Å². The van der Waals surface area contributed by atoms with Gasteiger partial charge in [-0.2, -0.15) is 0 Å². The van der Waals surface area contributed by atoms with Crippen molar-refractivity contribution in [3.8, 4) is 0 Å². The van der Waals surface area contributed by atoms with Crippen LogP contribution in [-0.2, 0) is 10.0 Å². The lowest BCUT2D eigenvalue weighted by atomic mass is 10.2. The summed E-state index contributed by atoms with van der Waals surface area (Å²) in [6.45, 7) is 1.62. The smallest absolute Gasteiger partial charge is 0.238 e. The van der Waals surface area contributed by atoms with Crippen LogP contribution < -0.4 is 5.14 Å². The maximum atomic E-state index is 11.0. The highest BCUT2D eigenvalue weighted by atomic mass is 32.2. The molecule has 0 saturated heterocycles. The molecule has 1 rings (SSSR count). The molecule has 70 valence electrons. The Labute approximate surface area is 76.4 Å². The van der Waals surface area contributed by atoms with Crippen LogP contribution in [0.5, 0.6) is 0 Å². The molecule has 0 heterocycles. The Balaban J connectivity index is 3.44. The van der Waals surface area contributed by atoms with Crippen molar-refractivity contribution in [1.82, 2.24) is 0 Å². The van der Waals surface area contributed by atoms with Crippen molar-refractivity contribution >= 4 is 16.3 Å². The van der Waals surface area contributed by atoms with Crippen LogP contribution in [0.25, 0.3) is 0 Å². The molecule has 0 bridgehead atoms. The van der Waals surface area contributed by atoms with Crippen LogP contribution in [-0.4, -0.2) is 14.7 Å². The van der Waals surface area contributed by atoms with E-state index in [1.54, 1.807) is 13.0 Å². The highest BCUT2D eigenvalue weighted by molar-refractivity contribution is 7.89. The minimum atomic E-state index is -3.72. The van der Waals surface area contributed by atoms with E-state index >= 15 is 0 Å². The topological polar surface area (TPSA) is 77.2 Å². The van der Waals surface area contributed by atoms with E-state index in [9.17, 15) is 13.2 Å². The maximum Gasteiger partial charge on any atom is 0.238 e. The third-order valence-corrected chi connectivity index (χ3v) is 2.71. The first-order valence-corrected chi connectivity index (χ1v) is 5.08. The molecule has 0 radical (unpaired) electrons. The summed E-state index contributed by atoms with van der Waals surface area (Å²) < 4.78 is 22.0. The van der Waals surface area contributed by atoms with Gasteiger partial charge in [-0.05, 0) is 18.6 Å². The number of aryl methyl sites for hydroxylation is 1. The third-order valence-electron chi connectivity index (χ3n) is 1.65. The van der Waals surface area contributed by atoms with Crippen LogP contribution in [0.1, 0.15) is 15.9 Å². The van der Waals surface area contributed by atoms with Crippen molar-refractivity contribution < 1.29 is 13.2 Å². The second-order valence-electron chi connectivity index (χ2n) is 2.69. The molecule has 5 heteroatoms. The van der Waals surface area contributed by atoms with Gasteiger partial charge in [0.1, 0.15) is 6.29 Å². The predicted octanol–water partition coefficient (Wildman–Crippen LogP) is 0.455. The van der Waals surface area contributed by atoms with Gasteiger partial charge in [-0.15, -0.1) is 0 Å². The standard InChI is InChI=1S/C8H9NO3S/c1-6-2-3-7(5-10)4-8(6)13(9,11)12/h2-5H,1H3,(H2,9,11,12). The van der Waals surface area contributed by atoms with Gasteiger partial charge in [0.25, 0.3) is 0 Å². The van der Waals surface area contributed by atoms with Crippen molar-refractivity contribution in [3.63, 3.8) is 0 Å². The van der Waals surface area contributed by atoms with Gasteiger partial charge in [0.15, 0.2) is 0 Å². The van der Waals surface area contributed by atoms with Crippen molar-refractivity contribution in [1.29, 1.82) is 0 Å². The fourth-order valence-corrected chi connectivity index (χ4v) is 1.81. The zero-order valence-corrected chi connectivity index (χ0v) is 7.84. The Morgan fingerprint density at radius 2 is 2.00 bits per heavy atom. The molecule has 0 atom stereocenters. The molecule has 0 saturated carbocycles. The molecule has 0 amide bonds. The van der Waals surface area contributed by atoms with Crippen LogP contribution in [0, 0.1) is 6.92 Å². The monoisotopic (exact) mass is 199 g/mol. The highest BCUT2D eigenvalue weighted by Gasteiger charge is 2.11. The minimum absolute atomic E-state index is 0.00269. The summed E-state index contributed by atoms with van der Waals surface area (Å²) in [5, 5.41) is 4.94. The fourth-order valence-electron chi connectivity index (χ4n) is 0.997. The van der Waals surface area contributed by atoms with Crippen LogP contribution in [0.15, 0.2) is 23.1 Å². The van der Waals surface area contributed by atoms with Gasteiger partial charge in [-0.25, -0.2) is 13.6 Å². The number of sulfonamides is 1. The number of primary sulfonamides is 1. The first-order valence-electron chi connectivity index (χ1n) is 3.54. The third kappa shape index (κ3) is 2.13. The number of carbonyl (C=O) groups is 1. The lowest BCUT2D eigenvalue weighted by molar-refractivity contribution is 0.112. The van der Waals surface area contributed by atoms with E-state index in [1.807, 2.05) is 0 Å². The van der Waals surface area contributed by atoms with Crippen molar-refractivity contribution in [3.05, 3.63) is 29.3 Å². The van der Waals surface area contributed by atoms with E-state index in [2.05, 4.69) is 0 Å². The zero-order valence-electron chi connectivity index (χ0n) is 7.02. The number of rotatable bonds is 2. The molecule has 0 aliphatic rings. The molecule has 2 N–H and O–H groups in total. The van der Waals surface area contributed by atoms with Gasteiger partial charge < -0.3 is 0 Å². The van der Waals surface area contributed by atoms with Crippen molar-refractivity contribution in [2.75, 3.05) is 0 Å². The molecular formula is C8H9NO3S. The Morgan fingerprint density at radius 1 is 1.38 bits per heavy atom. The van der Waals surface area contributed by atoms with E-state index in [0.29, 0.717) is 17.4 Å². The van der Waals surface area contributed by atoms with Gasteiger partial charge in [-0.3, -0.25) is 4.79 Å². The van der Waals surface area contributed by atoms with Gasteiger partial charge >= 0.3 is 0 Å². The Bertz CT molecular complexity index is 437. The van der Waals surface area contributed by atoms with Gasteiger partial charge in [0, 0.05) is 5.56 Å². The summed E-state index contributed by atoms with van der Waals surface area (Å²) >= 11 is 0. The summed E-state index contributed by atoms with van der Waals surface area (Å²) in [6.07, 6.45) is 0.578. The molecule has 0 aliphatic heterocycles. The predicted molar refractivity (Wildman–Crippen MR) is 47.9 cm³/mol. The van der Waals surface area contributed by atoms with Crippen LogP contribution >= 0.6 is 0 Å². The maximum absolute atomic E-state index is 11.0. The highest BCUT2D eigenvalue weighted by Crippen LogP contribution is 2.14. The van der Waals surface area contributed by atoms with Gasteiger partial charge in [0.05, 0.1) is 4.90 Å². The molecule has 1 aromatic carbocycles. The molecule has 13 heavy (non-hydrogen) atoms. The number of aldehydes is 1. The lowest BCUT2D eigenvalue weighted by Crippen LogP contribution is -2.13. The average molecular weight is 199 g/mol. The number of hydrogen-bond acceptors (Lipinski definition) is 3. The summed E-state index contributed by atoms with van der Waals surface area (Å²) in [4.78, 5) is 10.4. The average Bonchev–Trinajstić information content (AvgIpc) is 2.03. The number of benzene rings is 1. The zero-order chi connectivity index (χ0) is 10.1. The lowest BCUT2D eigenvalue weighted by Gasteiger charge is -2.02. The fraction of sp³-hybridized carbons (Fsp3) is 0.125. The number of carbonyl (C=O) groups excluding carboxylic acids is 1. The summed E-state index contributed by atoms with van der Waals surface area (Å²) in [6, 6.07) is 4.35. The first kappa shape index (κ1) is 9.88. The molecule has 0 fully saturated rings. The Kier molecular flexibility index (Phi) is 2.49. The molecule has 0 spiro atoms. The van der Waals surface area contributed by atoms with Crippen LogP contribution in [0.3, 0.4) is 0 Å². The summed E-state index contributed by atoms with van der Waals surface area (Å²) in [5.41, 5.74) is 0.836. The molecule has 0 aromatic heterocycles. The second-order valence-corrected chi connectivity index (χ2v) is 4.22. The molecular weight excluding hydrogens is 190 g/mol. The minimum Gasteiger partial charge on any atom is -0.298 e. The van der Waals surface area contributed by atoms with Crippen LogP contribution in [0.4, 0.5) is 0 Å². The SMILES string of the molecule is Cc1ccc(C=O)cc1S(N)(=O)=O. The second kappa shape index (κ2) is 3.27. The largest absolute Gasteiger partial charge is 0.298 e. The van der Waals surface area contributed by atoms with Gasteiger partial charge in [0.2, 0.25) is 10.0 Å². The van der Waals surface area contributed by atoms with Crippen molar-refractivity contribution in [2.24, 2.45) is 5.14 Å². The van der Waals surface area contributed by atoms with Crippen LogP contribution in [0.2, 0.25) is 0 Å². The molecule has 1 aromatic rings. The van der Waals surface area contributed by atoms with E-state index in [-0.39, 0.29) is 4.90 Å². The van der Waals surface area contributed by atoms with E-state index in [4.69, 9.17) is 5.14 Å². The Hall–Kier alpha value is -1.20. The number of hydrogen-bond donors (Lipinski definition) is 1. The Morgan fingerprint density at radius 3 is 2.46 bits per heavy atom. The van der Waals surface area contributed by atoms with Gasteiger partial charge in [-0.1, -0.05) is 12.1 Å². The number of nitrogens with two attached hydrogens (primary N) is 1. The summed E-state index contributed by atoms with van der Waals surface area (Å²) in [7, 11) is -3.72. The molecule has 0 unspecified atom stereocenters. The molecule has 4 nitrogen and oxygen atoms in total. The van der Waals surface area contributed by atoms with E-state index < -0.39 is 10.0 Å². The summed E-state index contributed by atoms with van der Waals surface area (Å²) in [5.74, 6) is 0. The van der Waals surface area contributed by atoms with Crippen molar-refractivity contribution in [2.45, 2.75) is 11.8 Å². The normalized spacial score (nSPS) is 11.2. The molecule has 0 aliphatic carbocycles.